The molecule has 1 aromatic heterocycles. The molecule has 1 aromatic carbocycles. The summed E-state index contributed by atoms with van der Waals surface area (Å²) in [5.41, 5.74) is 0.186. The molecule has 3 rings (SSSR count). The van der Waals surface area contributed by atoms with Crippen LogP contribution in [0.1, 0.15) is 5.76 Å². The molecule has 9 heteroatoms. The third-order valence-corrected chi connectivity index (χ3v) is 5.27. The van der Waals surface area contributed by atoms with Crippen LogP contribution in [0.2, 0.25) is 0 Å². The largest absolute Gasteiger partial charge is 0.497 e. The second kappa shape index (κ2) is 10.2. The Balaban J connectivity index is 1.55. The highest BCUT2D eigenvalue weighted by Crippen LogP contribution is 2.25. The smallest absolute Gasteiger partial charge is 0.262 e. The van der Waals surface area contributed by atoms with Crippen LogP contribution in [-0.4, -0.2) is 56.2 Å². The SMILES string of the molecule is COc1cc(NC(=O)COc2coc(CN3CCSCC3)cc2=O)cc(OC)c1. The molecule has 0 atom stereocenters. The van der Waals surface area contributed by atoms with Gasteiger partial charge in [-0.05, 0) is 0 Å². The second-order valence-electron chi connectivity index (χ2n) is 6.40. The number of carbonyl (C=O) groups excluding carboxylic acids is 1. The molecule has 1 saturated heterocycles. The first kappa shape index (κ1) is 21.1. The summed E-state index contributed by atoms with van der Waals surface area (Å²) in [4.78, 5) is 26.7. The van der Waals surface area contributed by atoms with Crippen molar-refractivity contribution in [2.75, 3.05) is 50.7 Å². The summed E-state index contributed by atoms with van der Waals surface area (Å²) in [6, 6.07) is 6.43. The summed E-state index contributed by atoms with van der Waals surface area (Å²) in [6.07, 6.45) is 1.26. The number of rotatable bonds is 8. The van der Waals surface area contributed by atoms with E-state index >= 15 is 0 Å². The molecule has 1 amide bonds. The quantitative estimate of drug-likeness (QED) is 0.695. The molecule has 0 saturated carbocycles. The van der Waals surface area contributed by atoms with Gasteiger partial charge in [-0.1, -0.05) is 0 Å². The van der Waals surface area contributed by atoms with E-state index in [0.717, 1.165) is 24.6 Å². The van der Waals surface area contributed by atoms with Crippen LogP contribution in [0.5, 0.6) is 17.2 Å². The summed E-state index contributed by atoms with van der Waals surface area (Å²) in [6.45, 7) is 2.21. The van der Waals surface area contributed by atoms with Gasteiger partial charge in [-0.25, -0.2) is 0 Å². The van der Waals surface area contributed by atoms with E-state index in [1.54, 1.807) is 18.2 Å². The van der Waals surface area contributed by atoms with Gasteiger partial charge in [0.1, 0.15) is 23.5 Å². The van der Waals surface area contributed by atoms with Crippen molar-refractivity contribution in [2.45, 2.75) is 6.54 Å². The maximum atomic E-state index is 12.2. The number of ether oxygens (including phenoxy) is 3. The molecule has 29 heavy (non-hydrogen) atoms. The molecular weight excluding hydrogens is 396 g/mol. The van der Waals surface area contributed by atoms with Crippen molar-refractivity contribution in [2.24, 2.45) is 0 Å². The maximum absolute atomic E-state index is 12.2. The van der Waals surface area contributed by atoms with Crippen molar-refractivity contribution in [1.29, 1.82) is 0 Å². The maximum Gasteiger partial charge on any atom is 0.262 e. The fourth-order valence-electron chi connectivity index (χ4n) is 2.83. The minimum atomic E-state index is -0.422. The summed E-state index contributed by atoms with van der Waals surface area (Å²) in [5, 5.41) is 2.68. The standard InChI is InChI=1S/C20H24N2O6S/c1-25-15-7-14(8-16(9-15)26-2)21-20(24)13-28-19-12-27-17(10-18(19)23)11-22-3-5-29-6-4-22/h7-10,12H,3-6,11,13H2,1-2H3,(H,21,24). The van der Waals surface area contributed by atoms with E-state index in [1.165, 1.54) is 26.5 Å². The molecule has 2 aromatic rings. The Kier molecular flexibility index (Phi) is 7.42. The lowest BCUT2D eigenvalue weighted by atomic mass is 10.2. The monoisotopic (exact) mass is 420 g/mol. The van der Waals surface area contributed by atoms with Gasteiger partial charge in [-0.15, -0.1) is 0 Å². The van der Waals surface area contributed by atoms with Gasteiger partial charge in [-0.2, -0.15) is 11.8 Å². The fraction of sp³-hybridized carbons (Fsp3) is 0.400. The van der Waals surface area contributed by atoms with E-state index < -0.39 is 5.91 Å². The van der Waals surface area contributed by atoms with Gasteiger partial charge >= 0.3 is 0 Å². The van der Waals surface area contributed by atoms with Gasteiger partial charge in [0.05, 0.1) is 20.8 Å². The number of hydrogen-bond donors (Lipinski definition) is 1. The van der Waals surface area contributed by atoms with Crippen LogP contribution in [0.15, 0.2) is 39.7 Å². The minimum Gasteiger partial charge on any atom is -0.497 e. The fourth-order valence-corrected chi connectivity index (χ4v) is 3.81. The molecular formula is C20H24N2O6S. The van der Waals surface area contributed by atoms with E-state index in [0.29, 0.717) is 29.5 Å². The predicted molar refractivity (Wildman–Crippen MR) is 111 cm³/mol. The summed E-state index contributed by atoms with van der Waals surface area (Å²) in [5.74, 6) is 3.42. The van der Waals surface area contributed by atoms with Gasteiger partial charge < -0.3 is 23.9 Å². The Labute approximate surface area is 173 Å². The first-order valence-electron chi connectivity index (χ1n) is 9.15. The zero-order valence-electron chi connectivity index (χ0n) is 16.4. The number of nitrogens with one attached hydrogen (secondary N) is 1. The first-order chi connectivity index (χ1) is 14.1. The van der Waals surface area contributed by atoms with E-state index in [2.05, 4.69) is 10.2 Å². The van der Waals surface area contributed by atoms with Crippen molar-refractivity contribution in [3.8, 4) is 17.2 Å². The normalized spacial score (nSPS) is 14.3. The molecule has 8 nitrogen and oxygen atoms in total. The van der Waals surface area contributed by atoms with Crippen molar-refractivity contribution in [3.63, 3.8) is 0 Å². The van der Waals surface area contributed by atoms with Gasteiger partial charge in [-0.3, -0.25) is 14.5 Å². The Morgan fingerprint density at radius 2 is 1.83 bits per heavy atom. The molecule has 1 aliphatic heterocycles. The molecule has 0 aliphatic carbocycles. The number of hydrogen-bond acceptors (Lipinski definition) is 8. The lowest BCUT2D eigenvalue weighted by molar-refractivity contribution is -0.118. The number of anilines is 1. The number of thioether (sulfide) groups is 1. The Morgan fingerprint density at radius 1 is 1.14 bits per heavy atom. The average Bonchev–Trinajstić information content (AvgIpc) is 2.73. The summed E-state index contributed by atoms with van der Waals surface area (Å²) < 4.78 is 21.2. The van der Waals surface area contributed by atoms with Crippen molar-refractivity contribution in [3.05, 3.63) is 46.5 Å². The summed E-state index contributed by atoms with van der Waals surface area (Å²) >= 11 is 1.92. The van der Waals surface area contributed by atoms with Gasteiger partial charge in [0, 0.05) is 54.5 Å². The highest BCUT2D eigenvalue weighted by molar-refractivity contribution is 7.99. The molecule has 0 bridgehead atoms. The Bertz CT molecular complexity index is 873. The Morgan fingerprint density at radius 3 is 2.45 bits per heavy atom. The van der Waals surface area contributed by atoms with Gasteiger partial charge in [0.25, 0.3) is 5.91 Å². The zero-order valence-corrected chi connectivity index (χ0v) is 17.3. The van der Waals surface area contributed by atoms with E-state index in [4.69, 9.17) is 18.6 Å². The average molecular weight is 420 g/mol. The predicted octanol–water partition coefficient (Wildman–Crippen LogP) is 2.22. The van der Waals surface area contributed by atoms with Crippen LogP contribution in [0.3, 0.4) is 0 Å². The molecule has 1 fully saturated rings. The van der Waals surface area contributed by atoms with Crippen LogP contribution >= 0.6 is 11.8 Å². The molecule has 156 valence electrons. The molecule has 0 unspecified atom stereocenters. The molecule has 0 radical (unpaired) electrons. The van der Waals surface area contributed by atoms with Gasteiger partial charge in [0.15, 0.2) is 6.61 Å². The van der Waals surface area contributed by atoms with Crippen LogP contribution in [0.4, 0.5) is 5.69 Å². The Hall–Kier alpha value is -2.65. The number of amides is 1. The highest BCUT2D eigenvalue weighted by Gasteiger charge is 2.14. The van der Waals surface area contributed by atoms with E-state index in [-0.39, 0.29) is 17.8 Å². The van der Waals surface area contributed by atoms with Crippen LogP contribution in [0.25, 0.3) is 0 Å². The number of methoxy groups -OCH3 is 2. The zero-order chi connectivity index (χ0) is 20.6. The molecule has 0 spiro atoms. The van der Waals surface area contributed by atoms with Crippen LogP contribution in [0, 0.1) is 0 Å². The number of nitrogens with zero attached hydrogens (tertiary/aromatic N) is 1. The van der Waals surface area contributed by atoms with Gasteiger partial charge in [0.2, 0.25) is 11.2 Å². The minimum absolute atomic E-state index is 0.00122. The van der Waals surface area contributed by atoms with Crippen molar-refractivity contribution < 1.29 is 23.4 Å². The number of benzene rings is 1. The van der Waals surface area contributed by atoms with Crippen molar-refractivity contribution >= 4 is 23.4 Å². The van der Waals surface area contributed by atoms with Crippen LogP contribution < -0.4 is 25.0 Å². The van der Waals surface area contributed by atoms with E-state index in [9.17, 15) is 9.59 Å². The highest BCUT2D eigenvalue weighted by atomic mass is 32.2. The topological polar surface area (TPSA) is 90.2 Å². The molecule has 1 N–H and O–H groups in total. The van der Waals surface area contributed by atoms with E-state index in [1.807, 2.05) is 11.8 Å². The number of carbonyl (C=O) groups is 1. The lowest BCUT2D eigenvalue weighted by Gasteiger charge is -2.25. The molecule has 2 heterocycles. The third kappa shape index (κ3) is 6.16. The molecule has 1 aliphatic rings. The first-order valence-corrected chi connectivity index (χ1v) is 10.3. The lowest BCUT2D eigenvalue weighted by Crippen LogP contribution is -2.32. The van der Waals surface area contributed by atoms with Crippen LogP contribution in [-0.2, 0) is 11.3 Å². The summed E-state index contributed by atoms with van der Waals surface area (Å²) in [7, 11) is 3.05. The second-order valence-corrected chi connectivity index (χ2v) is 7.63. The van der Waals surface area contributed by atoms with Crippen molar-refractivity contribution in [1.82, 2.24) is 4.90 Å². The third-order valence-electron chi connectivity index (χ3n) is 4.33.